The quantitative estimate of drug-likeness (QED) is 0.141. The van der Waals surface area contributed by atoms with E-state index in [1.165, 1.54) is 77.0 Å². The van der Waals surface area contributed by atoms with E-state index in [0.29, 0.717) is 12.8 Å². The molecule has 7 heteroatoms. The largest absolute Gasteiger partial charge is 0.402 e. The Balaban J connectivity index is 3.58. The van der Waals surface area contributed by atoms with Crippen LogP contribution in [-0.2, 0) is 23.6 Å². The molecule has 0 saturated carbocycles. The molecule has 1 N–H and O–H groups in total. The Labute approximate surface area is 192 Å². The number of rotatable bonds is 22. The smallest absolute Gasteiger partial charge is 0.329 e. The van der Waals surface area contributed by atoms with Gasteiger partial charge in [0.25, 0.3) is 0 Å². The van der Waals surface area contributed by atoms with Crippen LogP contribution < -0.4 is 5.32 Å². The lowest BCUT2D eigenvalue weighted by Crippen LogP contribution is -2.38. The first-order valence-corrected chi connectivity index (χ1v) is 14.0. The van der Waals surface area contributed by atoms with Crippen LogP contribution in [0.25, 0.3) is 0 Å². The van der Waals surface area contributed by atoms with Gasteiger partial charge in [0.05, 0.1) is 6.10 Å². The summed E-state index contributed by atoms with van der Waals surface area (Å²) in [5.41, 5.74) is 0. The van der Waals surface area contributed by atoms with Crippen molar-refractivity contribution >= 4 is 16.3 Å². The number of carbonyl (C=O) groups is 1. The fourth-order valence-electron chi connectivity index (χ4n) is 3.50. The monoisotopic (exact) mass is 463 g/mol. The van der Waals surface area contributed by atoms with Crippen molar-refractivity contribution in [3.63, 3.8) is 0 Å². The predicted molar refractivity (Wildman–Crippen MR) is 128 cm³/mol. The van der Waals surface area contributed by atoms with E-state index in [-0.39, 0.29) is 5.91 Å². The third-order valence-corrected chi connectivity index (χ3v) is 6.33. The number of unbranched alkanes of at least 4 members (excludes halogenated alkanes) is 14. The Morgan fingerprint density at radius 2 is 1.13 bits per heavy atom. The van der Waals surface area contributed by atoms with E-state index < -0.39 is 22.7 Å². The van der Waals surface area contributed by atoms with Crippen molar-refractivity contribution in [1.29, 1.82) is 0 Å². The van der Waals surface area contributed by atoms with Crippen LogP contribution in [0.3, 0.4) is 0 Å². The molecule has 0 aliphatic heterocycles. The summed E-state index contributed by atoms with van der Waals surface area (Å²) in [5, 5.41) is 2.63. The predicted octanol–water partition coefficient (Wildman–Crippen LogP) is 6.79. The highest BCUT2D eigenvalue weighted by Crippen LogP contribution is 2.14. The van der Waals surface area contributed by atoms with Crippen LogP contribution >= 0.6 is 0 Å². The topological polar surface area (TPSA) is 81.7 Å². The zero-order valence-electron chi connectivity index (χ0n) is 20.6. The summed E-state index contributed by atoms with van der Waals surface area (Å²) in [4.78, 5) is 12.0. The van der Waals surface area contributed by atoms with Gasteiger partial charge in [-0.05, 0) is 26.7 Å². The number of hydrogen-bond donors (Lipinski definition) is 1. The fourth-order valence-corrected chi connectivity index (χ4v) is 4.49. The van der Waals surface area contributed by atoms with E-state index in [2.05, 4.69) is 12.2 Å². The number of hydrogen-bond acceptors (Lipinski definition) is 5. The molecule has 0 radical (unpaired) electrons. The molecule has 0 heterocycles. The third kappa shape index (κ3) is 21.0. The molecule has 0 aliphatic carbocycles. The second-order valence-corrected chi connectivity index (χ2v) is 10.0. The van der Waals surface area contributed by atoms with Gasteiger partial charge in [-0.2, -0.15) is 8.42 Å². The van der Waals surface area contributed by atoms with Gasteiger partial charge in [-0.1, -0.05) is 104 Å². The summed E-state index contributed by atoms with van der Waals surface area (Å²) in [5.74, 6) is -0.179. The van der Waals surface area contributed by atoms with Crippen molar-refractivity contribution in [2.75, 3.05) is 0 Å². The second kappa shape index (κ2) is 20.0. The van der Waals surface area contributed by atoms with Crippen LogP contribution in [0.2, 0.25) is 0 Å². The summed E-state index contributed by atoms with van der Waals surface area (Å²) < 4.78 is 33.1. The molecule has 0 aliphatic rings. The maximum absolute atomic E-state index is 12.0. The van der Waals surface area contributed by atoms with Gasteiger partial charge in [0.1, 0.15) is 0 Å². The molecule has 0 fully saturated rings. The van der Waals surface area contributed by atoms with Gasteiger partial charge in [0, 0.05) is 6.42 Å². The van der Waals surface area contributed by atoms with Crippen LogP contribution in [0, 0.1) is 0 Å². The van der Waals surface area contributed by atoms with Crippen molar-refractivity contribution in [3.05, 3.63) is 0 Å². The van der Waals surface area contributed by atoms with E-state index in [1.807, 2.05) is 0 Å². The van der Waals surface area contributed by atoms with E-state index in [1.54, 1.807) is 20.8 Å². The van der Waals surface area contributed by atoms with E-state index in [4.69, 9.17) is 8.37 Å². The minimum Gasteiger partial charge on any atom is -0.329 e. The van der Waals surface area contributed by atoms with Crippen LogP contribution in [0.1, 0.15) is 137 Å². The first-order valence-electron chi connectivity index (χ1n) is 12.7. The van der Waals surface area contributed by atoms with Crippen LogP contribution in [0.5, 0.6) is 0 Å². The Bertz CT molecular complexity index is 522. The minimum atomic E-state index is -4.10. The lowest BCUT2D eigenvalue weighted by atomic mass is 10.0. The second-order valence-electron chi connectivity index (χ2n) is 8.81. The molecule has 6 nitrogen and oxygen atoms in total. The molecule has 0 aromatic rings. The summed E-state index contributed by atoms with van der Waals surface area (Å²) in [6.45, 7) is 7.23. The fraction of sp³-hybridized carbons (Fsp3) is 0.958. The molecular formula is C24H49NO5S. The maximum Gasteiger partial charge on any atom is 0.402 e. The summed E-state index contributed by atoms with van der Waals surface area (Å²) in [7, 11) is -4.10. The summed E-state index contributed by atoms with van der Waals surface area (Å²) in [6, 6.07) is 0. The minimum absolute atomic E-state index is 0.179. The molecule has 0 rings (SSSR count). The van der Waals surface area contributed by atoms with Crippen LogP contribution in [0.15, 0.2) is 0 Å². The van der Waals surface area contributed by atoms with Gasteiger partial charge in [-0.25, -0.2) is 8.37 Å². The third-order valence-electron chi connectivity index (χ3n) is 5.24. The van der Waals surface area contributed by atoms with E-state index in [0.717, 1.165) is 19.3 Å². The van der Waals surface area contributed by atoms with Crippen molar-refractivity contribution in [2.45, 2.75) is 149 Å². The average molecular weight is 464 g/mol. The molecule has 186 valence electrons. The maximum atomic E-state index is 12.0. The summed E-state index contributed by atoms with van der Waals surface area (Å²) in [6.07, 6.45) is 18.6. The Morgan fingerprint density at radius 1 is 0.710 bits per heavy atom. The SMILES string of the molecule is CCCCCCCCCCCCCCCCCC(=O)NC(CC)OS(=O)(=O)OC(C)C. The molecular weight excluding hydrogens is 414 g/mol. The molecule has 1 atom stereocenters. The highest BCUT2D eigenvalue weighted by atomic mass is 32.3. The Kier molecular flexibility index (Phi) is 19.6. The van der Waals surface area contributed by atoms with Crippen LogP contribution in [0.4, 0.5) is 0 Å². The lowest BCUT2D eigenvalue weighted by Gasteiger charge is -2.17. The number of carbonyl (C=O) groups excluding carboxylic acids is 1. The van der Waals surface area contributed by atoms with Gasteiger partial charge < -0.3 is 5.32 Å². The summed E-state index contributed by atoms with van der Waals surface area (Å²) >= 11 is 0. The van der Waals surface area contributed by atoms with Gasteiger partial charge in [-0.3, -0.25) is 4.79 Å². The Hall–Kier alpha value is -0.660. The van der Waals surface area contributed by atoms with Crippen LogP contribution in [-0.4, -0.2) is 26.7 Å². The van der Waals surface area contributed by atoms with Gasteiger partial charge >= 0.3 is 10.4 Å². The van der Waals surface area contributed by atoms with Crippen molar-refractivity contribution in [2.24, 2.45) is 0 Å². The lowest BCUT2D eigenvalue weighted by molar-refractivity contribution is -0.123. The molecule has 31 heavy (non-hydrogen) atoms. The van der Waals surface area contributed by atoms with Crippen molar-refractivity contribution in [1.82, 2.24) is 5.32 Å². The first kappa shape index (κ1) is 30.3. The molecule has 0 aromatic heterocycles. The number of nitrogens with one attached hydrogen (secondary N) is 1. The molecule has 0 bridgehead atoms. The Morgan fingerprint density at radius 3 is 1.52 bits per heavy atom. The first-order chi connectivity index (χ1) is 14.8. The zero-order valence-corrected chi connectivity index (χ0v) is 21.4. The molecule has 1 amide bonds. The zero-order chi connectivity index (χ0) is 23.4. The van der Waals surface area contributed by atoms with Gasteiger partial charge in [0.15, 0.2) is 6.23 Å². The highest BCUT2D eigenvalue weighted by molar-refractivity contribution is 7.81. The molecule has 0 spiro atoms. The van der Waals surface area contributed by atoms with E-state index >= 15 is 0 Å². The number of amides is 1. The average Bonchev–Trinajstić information content (AvgIpc) is 2.69. The standard InChI is InChI=1S/C24H49NO5S/c1-5-7-8-9-10-11-12-13-14-15-16-17-18-19-20-21-23(26)25-24(6-2)30-31(27,28)29-22(3)4/h22,24H,5-21H2,1-4H3,(H,25,26). The van der Waals surface area contributed by atoms with Gasteiger partial charge in [-0.15, -0.1) is 0 Å². The van der Waals surface area contributed by atoms with E-state index in [9.17, 15) is 13.2 Å². The molecule has 1 unspecified atom stereocenters. The molecule has 0 saturated heterocycles. The normalized spacial score (nSPS) is 12.9. The van der Waals surface area contributed by atoms with Crippen molar-refractivity contribution in [3.8, 4) is 0 Å². The van der Waals surface area contributed by atoms with Crippen molar-refractivity contribution < 1.29 is 21.6 Å². The van der Waals surface area contributed by atoms with Gasteiger partial charge in [0.2, 0.25) is 5.91 Å². The molecule has 0 aromatic carbocycles. The highest BCUT2D eigenvalue weighted by Gasteiger charge is 2.21.